The van der Waals surface area contributed by atoms with Crippen molar-refractivity contribution in [3.63, 3.8) is 0 Å². The second-order valence-corrected chi connectivity index (χ2v) is 5.28. The molecule has 1 aromatic rings. The first kappa shape index (κ1) is 12.6. The first-order valence-corrected chi connectivity index (χ1v) is 6.58. The number of benzene rings is 1. The molecular weight excluding hydrogens is 247 g/mol. The van der Waals surface area contributed by atoms with E-state index in [1.807, 2.05) is 18.2 Å². The second kappa shape index (κ2) is 5.21. The molecule has 0 radical (unpaired) electrons. The van der Waals surface area contributed by atoms with Gasteiger partial charge in [-0.25, -0.2) is 0 Å². The van der Waals surface area contributed by atoms with Crippen molar-refractivity contribution in [2.24, 2.45) is 0 Å². The Hall–Kier alpha value is -0.840. The first-order chi connectivity index (χ1) is 8.04. The van der Waals surface area contributed by atoms with Crippen molar-refractivity contribution in [3.05, 3.63) is 29.8 Å². The van der Waals surface area contributed by atoms with Crippen LogP contribution in [0.1, 0.15) is 18.4 Å². The molecule has 0 spiro atoms. The summed E-state index contributed by atoms with van der Waals surface area (Å²) in [7, 11) is 0. The van der Waals surface area contributed by atoms with Gasteiger partial charge in [0.15, 0.2) is 0 Å². The van der Waals surface area contributed by atoms with Gasteiger partial charge in [0.2, 0.25) is 0 Å². The molecule has 1 aliphatic heterocycles. The van der Waals surface area contributed by atoms with E-state index in [1.54, 1.807) is 0 Å². The van der Waals surface area contributed by atoms with Crippen molar-refractivity contribution in [2.45, 2.75) is 30.8 Å². The minimum atomic E-state index is -4.10. The van der Waals surface area contributed by atoms with Gasteiger partial charge in [-0.3, -0.25) is 0 Å². The van der Waals surface area contributed by atoms with Gasteiger partial charge in [0.1, 0.15) is 0 Å². The third kappa shape index (κ3) is 3.84. The predicted molar refractivity (Wildman–Crippen MR) is 65.3 cm³/mol. The van der Waals surface area contributed by atoms with Crippen molar-refractivity contribution in [3.8, 4) is 0 Å². The van der Waals surface area contributed by atoms with E-state index < -0.39 is 5.51 Å². The predicted octanol–water partition coefficient (Wildman–Crippen LogP) is 4.06. The van der Waals surface area contributed by atoms with Gasteiger partial charge in [-0.15, -0.1) is 0 Å². The van der Waals surface area contributed by atoms with E-state index in [1.165, 1.54) is 5.56 Å². The number of rotatable bonds is 3. The smallest absolute Gasteiger partial charge is 0.382 e. The number of thioether (sulfide) groups is 1. The maximum absolute atomic E-state index is 12.0. The summed E-state index contributed by atoms with van der Waals surface area (Å²) < 4.78 is 36.0. The van der Waals surface area contributed by atoms with Crippen LogP contribution in [0.25, 0.3) is 0 Å². The Labute approximate surface area is 103 Å². The summed E-state index contributed by atoms with van der Waals surface area (Å²) >= 11 is 0.0685. The quantitative estimate of drug-likeness (QED) is 0.880. The molecule has 1 aromatic carbocycles. The Morgan fingerprint density at radius 1 is 1.29 bits per heavy atom. The molecule has 1 N–H and O–H groups in total. The fourth-order valence-corrected chi connectivity index (χ4v) is 2.67. The Balaban J connectivity index is 1.82. The normalized spacial score (nSPS) is 19.6. The summed E-state index contributed by atoms with van der Waals surface area (Å²) in [6, 6.07) is 8.14. The minimum Gasteiger partial charge on any atom is -0.382 e. The van der Waals surface area contributed by atoms with Crippen molar-refractivity contribution in [2.75, 3.05) is 11.1 Å². The van der Waals surface area contributed by atoms with Crippen LogP contribution in [0.3, 0.4) is 0 Å². The molecule has 0 saturated heterocycles. The summed E-state index contributed by atoms with van der Waals surface area (Å²) in [4.78, 5) is 0. The summed E-state index contributed by atoms with van der Waals surface area (Å²) in [6.07, 6.45) is 2.42. The summed E-state index contributed by atoms with van der Waals surface area (Å²) in [5, 5.41) is 3.30. The Bertz CT molecular complexity index is 378. The molecule has 0 saturated carbocycles. The van der Waals surface area contributed by atoms with E-state index in [-0.39, 0.29) is 23.6 Å². The number of para-hydroxylation sites is 1. The zero-order valence-corrected chi connectivity index (χ0v) is 10.1. The molecule has 0 aromatic heterocycles. The standard InChI is InChI=1S/C12H14F3NS/c13-12(14,15)17-8-7-10-6-5-9-3-1-2-4-11(9)16-10/h1-4,10,16H,5-8H2. The molecule has 0 amide bonds. The zero-order chi connectivity index (χ0) is 12.3. The van der Waals surface area contributed by atoms with Crippen molar-refractivity contribution < 1.29 is 13.2 Å². The molecule has 2 rings (SSSR count). The van der Waals surface area contributed by atoms with Gasteiger partial charge in [-0.1, -0.05) is 30.0 Å². The van der Waals surface area contributed by atoms with Crippen molar-refractivity contribution in [1.82, 2.24) is 0 Å². The lowest BCUT2D eigenvalue weighted by Crippen LogP contribution is -2.26. The summed E-state index contributed by atoms with van der Waals surface area (Å²) in [5.41, 5.74) is -1.78. The third-order valence-corrected chi connectivity index (χ3v) is 3.64. The molecule has 0 bridgehead atoms. The van der Waals surface area contributed by atoms with Crippen LogP contribution in [0.2, 0.25) is 0 Å². The van der Waals surface area contributed by atoms with Gasteiger partial charge in [0.25, 0.3) is 0 Å². The third-order valence-electron chi connectivity index (χ3n) is 2.87. The Morgan fingerprint density at radius 2 is 2.06 bits per heavy atom. The molecule has 1 unspecified atom stereocenters. The molecule has 1 heterocycles. The number of nitrogens with one attached hydrogen (secondary N) is 1. The summed E-state index contributed by atoms with van der Waals surface area (Å²) in [5.74, 6) is 0.128. The largest absolute Gasteiger partial charge is 0.441 e. The van der Waals surface area contributed by atoms with Crippen LogP contribution in [0, 0.1) is 0 Å². The van der Waals surface area contributed by atoms with E-state index in [4.69, 9.17) is 0 Å². The van der Waals surface area contributed by atoms with Crippen molar-refractivity contribution in [1.29, 1.82) is 0 Å². The van der Waals surface area contributed by atoms with E-state index in [0.29, 0.717) is 6.42 Å². The number of hydrogen-bond acceptors (Lipinski definition) is 2. The van der Waals surface area contributed by atoms with E-state index in [2.05, 4.69) is 11.4 Å². The highest BCUT2D eigenvalue weighted by Gasteiger charge is 2.28. The van der Waals surface area contributed by atoms with Crippen LogP contribution in [0.15, 0.2) is 24.3 Å². The number of alkyl halides is 3. The molecular formula is C12H14F3NS. The molecule has 94 valence electrons. The van der Waals surface area contributed by atoms with Gasteiger partial charge in [-0.2, -0.15) is 13.2 Å². The highest BCUT2D eigenvalue weighted by atomic mass is 32.2. The molecule has 0 fully saturated rings. The molecule has 5 heteroatoms. The number of fused-ring (bicyclic) bond motifs is 1. The first-order valence-electron chi connectivity index (χ1n) is 5.60. The van der Waals surface area contributed by atoms with Crippen LogP contribution in [-0.4, -0.2) is 17.3 Å². The lowest BCUT2D eigenvalue weighted by molar-refractivity contribution is -0.0328. The van der Waals surface area contributed by atoms with Gasteiger partial charge >= 0.3 is 5.51 Å². The monoisotopic (exact) mass is 261 g/mol. The second-order valence-electron chi connectivity index (χ2n) is 4.12. The van der Waals surface area contributed by atoms with E-state index in [0.717, 1.165) is 18.5 Å². The Morgan fingerprint density at radius 3 is 2.82 bits per heavy atom. The van der Waals surface area contributed by atoms with Crippen LogP contribution in [-0.2, 0) is 6.42 Å². The fourth-order valence-electron chi connectivity index (χ4n) is 2.03. The number of anilines is 1. The molecule has 1 nitrogen and oxygen atoms in total. The van der Waals surface area contributed by atoms with Crippen LogP contribution in [0.4, 0.5) is 18.9 Å². The summed E-state index contributed by atoms with van der Waals surface area (Å²) in [6.45, 7) is 0. The molecule has 1 atom stereocenters. The molecule has 1 aliphatic rings. The molecule has 0 aliphatic carbocycles. The average Bonchev–Trinajstić information content (AvgIpc) is 2.27. The number of hydrogen-bond donors (Lipinski definition) is 1. The SMILES string of the molecule is FC(F)(F)SCCC1CCc2ccccc2N1. The lowest BCUT2D eigenvalue weighted by Gasteiger charge is -2.27. The highest BCUT2D eigenvalue weighted by Crippen LogP contribution is 2.32. The van der Waals surface area contributed by atoms with Gasteiger partial charge in [0, 0.05) is 17.5 Å². The van der Waals surface area contributed by atoms with Gasteiger partial charge in [0.05, 0.1) is 0 Å². The van der Waals surface area contributed by atoms with E-state index >= 15 is 0 Å². The highest BCUT2D eigenvalue weighted by molar-refractivity contribution is 8.00. The lowest BCUT2D eigenvalue weighted by atomic mass is 9.97. The van der Waals surface area contributed by atoms with Crippen LogP contribution < -0.4 is 5.32 Å². The van der Waals surface area contributed by atoms with Crippen LogP contribution in [0.5, 0.6) is 0 Å². The Kier molecular flexibility index (Phi) is 3.86. The number of halogens is 3. The van der Waals surface area contributed by atoms with Crippen LogP contribution >= 0.6 is 11.8 Å². The zero-order valence-electron chi connectivity index (χ0n) is 9.26. The maximum Gasteiger partial charge on any atom is 0.441 e. The van der Waals surface area contributed by atoms with Crippen molar-refractivity contribution >= 4 is 17.4 Å². The number of aryl methyl sites for hydroxylation is 1. The van der Waals surface area contributed by atoms with Gasteiger partial charge in [-0.05, 0) is 30.9 Å². The maximum atomic E-state index is 12.0. The fraction of sp³-hybridized carbons (Fsp3) is 0.500. The minimum absolute atomic E-state index is 0.0685. The molecule has 17 heavy (non-hydrogen) atoms. The average molecular weight is 261 g/mol. The van der Waals surface area contributed by atoms with Gasteiger partial charge < -0.3 is 5.32 Å². The van der Waals surface area contributed by atoms with E-state index in [9.17, 15) is 13.2 Å². The topological polar surface area (TPSA) is 12.0 Å².